The Morgan fingerprint density at radius 3 is 2.63 bits per heavy atom. The number of piperidine rings is 1. The van der Waals surface area contributed by atoms with Gasteiger partial charge in [0.15, 0.2) is 0 Å². The van der Waals surface area contributed by atoms with Crippen molar-refractivity contribution in [3.63, 3.8) is 0 Å². The molecule has 2 rings (SSSR count). The Bertz CT molecular complexity index is 271. The first-order valence-electron chi connectivity index (χ1n) is 7.91. The lowest BCUT2D eigenvalue weighted by atomic mass is 9.95. The molecule has 1 saturated heterocycles. The summed E-state index contributed by atoms with van der Waals surface area (Å²) in [6.45, 7) is 3.59. The Morgan fingerprint density at radius 2 is 1.95 bits per heavy atom. The van der Waals surface area contributed by atoms with Gasteiger partial charge in [-0.05, 0) is 39.2 Å². The third-order valence-electron chi connectivity index (χ3n) is 4.28. The second-order valence-electron chi connectivity index (χ2n) is 5.97. The van der Waals surface area contributed by atoms with Gasteiger partial charge in [-0.15, -0.1) is 0 Å². The molecule has 19 heavy (non-hydrogen) atoms. The van der Waals surface area contributed by atoms with Crippen molar-refractivity contribution < 1.29 is 9.53 Å². The number of rotatable bonds is 5. The van der Waals surface area contributed by atoms with Crippen LogP contribution in [0.2, 0.25) is 0 Å². The molecule has 1 saturated carbocycles. The fourth-order valence-corrected chi connectivity index (χ4v) is 2.97. The Hall–Kier alpha value is -0.610. The quantitative estimate of drug-likeness (QED) is 0.801. The van der Waals surface area contributed by atoms with E-state index in [2.05, 4.69) is 10.6 Å². The van der Waals surface area contributed by atoms with E-state index in [1.165, 1.54) is 32.1 Å². The molecule has 2 aliphatic rings. The van der Waals surface area contributed by atoms with Crippen LogP contribution in [0.25, 0.3) is 0 Å². The second kappa shape index (κ2) is 7.85. The summed E-state index contributed by atoms with van der Waals surface area (Å²) in [5.74, 6) is 0.0581. The summed E-state index contributed by atoms with van der Waals surface area (Å²) in [6, 6.07) is 0.804. The van der Waals surface area contributed by atoms with Gasteiger partial charge < -0.3 is 15.4 Å². The van der Waals surface area contributed by atoms with Crippen LogP contribution in [0, 0.1) is 0 Å². The molecular weight excluding hydrogens is 240 g/mol. The van der Waals surface area contributed by atoms with Gasteiger partial charge in [0, 0.05) is 12.1 Å². The van der Waals surface area contributed by atoms with Crippen LogP contribution < -0.4 is 10.6 Å². The van der Waals surface area contributed by atoms with Crippen LogP contribution in [-0.4, -0.2) is 37.2 Å². The molecule has 0 aromatic heterocycles. The van der Waals surface area contributed by atoms with Crippen LogP contribution in [0.4, 0.5) is 0 Å². The number of nitrogens with one attached hydrogen (secondary N) is 2. The van der Waals surface area contributed by atoms with Crippen molar-refractivity contribution in [3.8, 4) is 0 Å². The maximum Gasteiger partial charge on any atom is 0.249 e. The van der Waals surface area contributed by atoms with Crippen molar-refractivity contribution in [3.05, 3.63) is 0 Å². The minimum absolute atomic E-state index is 0.0581. The molecule has 0 bridgehead atoms. The van der Waals surface area contributed by atoms with Crippen LogP contribution in [0.1, 0.15) is 58.3 Å². The summed E-state index contributed by atoms with van der Waals surface area (Å²) >= 11 is 0. The zero-order valence-corrected chi connectivity index (χ0v) is 12.1. The van der Waals surface area contributed by atoms with Crippen LogP contribution in [-0.2, 0) is 9.53 Å². The van der Waals surface area contributed by atoms with E-state index in [1.54, 1.807) is 0 Å². The maximum atomic E-state index is 12.0. The molecule has 0 spiro atoms. The average molecular weight is 268 g/mol. The number of carbonyl (C=O) groups excluding carboxylic acids is 1. The highest BCUT2D eigenvalue weighted by Gasteiger charge is 2.21. The lowest BCUT2D eigenvalue weighted by molar-refractivity contribution is -0.133. The zero-order valence-electron chi connectivity index (χ0n) is 12.1. The maximum absolute atomic E-state index is 12.0. The minimum atomic E-state index is -0.328. The van der Waals surface area contributed by atoms with E-state index in [-0.39, 0.29) is 12.0 Å². The van der Waals surface area contributed by atoms with Crippen molar-refractivity contribution in [2.24, 2.45) is 0 Å². The van der Waals surface area contributed by atoms with Crippen molar-refractivity contribution in [1.29, 1.82) is 0 Å². The van der Waals surface area contributed by atoms with Gasteiger partial charge in [0.1, 0.15) is 6.10 Å². The first-order chi connectivity index (χ1) is 9.25. The summed E-state index contributed by atoms with van der Waals surface area (Å²) in [4.78, 5) is 12.0. The monoisotopic (exact) mass is 268 g/mol. The van der Waals surface area contributed by atoms with Crippen molar-refractivity contribution >= 4 is 5.91 Å². The first kappa shape index (κ1) is 14.8. The fraction of sp³-hybridized carbons (Fsp3) is 0.933. The third kappa shape index (κ3) is 5.11. The molecule has 1 amide bonds. The van der Waals surface area contributed by atoms with Gasteiger partial charge in [0.25, 0.3) is 0 Å². The largest absolute Gasteiger partial charge is 0.367 e. The molecule has 110 valence electrons. The molecule has 4 heteroatoms. The van der Waals surface area contributed by atoms with Crippen LogP contribution in [0.3, 0.4) is 0 Å². The van der Waals surface area contributed by atoms with Gasteiger partial charge in [-0.2, -0.15) is 0 Å². The topological polar surface area (TPSA) is 50.4 Å². The molecule has 0 radical (unpaired) electrons. The Kier molecular flexibility index (Phi) is 6.11. The minimum Gasteiger partial charge on any atom is -0.367 e. The summed E-state index contributed by atoms with van der Waals surface area (Å²) < 4.78 is 5.71. The number of ether oxygens (including phenoxy) is 1. The number of hydrogen-bond donors (Lipinski definition) is 2. The van der Waals surface area contributed by atoms with Crippen LogP contribution in [0.5, 0.6) is 0 Å². The molecule has 1 heterocycles. The summed E-state index contributed by atoms with van der Waals surface area (Å²) in [5, 5.41) is 6.56. The molecule has 2 N–H and O–H groups in total. The van der Waals surface area contributed by atoms with Crippen molar-refractivity contribution in [2.45, 2.75) is 76.5 Å². The van der Waals surface area contributed by atoms with Crippen molar-refractivity contribution in [1.82, 2.24) is 10.6 Å². The smallest absolute Gasteiger partial charge is 0.249 e. The number of amides is 1. The molecule has 2 unspecified atom stereocenters. The SMILES string of the molecule is CC(OCC1CCCCN1)C(=O)NC1CCCCC1. The highest BCUT2D eigenvalue weighted by molar-refractivity contribution is 5.80. The molecule has 0 aromatic carbocycles. The molecule has 4 nitrogen and oxygen atoms in total. The van der Waals surface area contributed by atoms with Gasteiger partial charge in [0.2, 0.25) is 5.91 Å². The third-order valence-corrected chi connectivity index (χ3v) is 4.28. The first-order valence-corrected chi connectivity index (χ1v) is 7.91. The van der Waals surface area contributed by atoms with Crippen molar-refractivity contribution in [2.75, 3.05) is 13.2 Å². The highest BCUT2D eigenvalue weighted by Crippen LogP contribution is 2.17. The molecule has 2 fully saturated rings. The summed E-state index contributed by atoms with van der Waals surface area (Å²) in [7, 11) is 0. The average Bonchev–Trinajstić information content (AvgIpc) is 2.47. The normalized spacial score (nSPS) is 26.9. The standard InChI is InChI=1S/C15H28N2O2/c1-12(19-11-14-9-5-6-10-16-14)15(18)17-13-7-3-2-4-8-13/h12-14,16H,2-11H2,1H3,(H,17,18). The highest BCUT2D eigenvalue weighted by atomic mass is 16.5. The van der Waals surface area contributed by atoms with E-state index in [0.29, 0.717) is 18.7 Å². The fourth-order valence-electron chi connectivity index (χ4n) is 2.97. The van der Waals surface area contributed by atoms with Crippen LogP contribution in [0.15, 0.2) is 0 Å². The van der Waals surface area contributed by atoms with E-state index in [0.717, 1.165) is 25.8 Å². The van der Waals surface area contributed by atoms with Gasteiger partial charge in [0.05, 0.1) is 6.61 Å². The van der Waals surface area contributed by atoms with E-state index in [9.17, 15) is 4.79 Å². The van der Waals surface area contributed by atoms with Gasteiger partial charge in [-0.25, -0.2) is 0 Å². The predicted octanol–water partition coefficient (Wildman–Crippen LogP) is 1.98. The van der Waals surface area contributed by atoms with Gasteiger partial charge in [-0.1, -0.05) is 25.7 Å². The zero-order chi connectivity index (χ0) is 13.5. The van der Waals surface area contributed by atoms with Gasteiger partial charge in [-0.3, -0.25) is 4.79 Å². The summed E-state index contributed by atoms with van der Waals surface area (Å²) in [5.41, 5.74) is 0. The van der Waals surface area contributed by atoms with E-state index in [1.807, 2.05) is 6.92 Å². The predicted molar refractivity (Wildman–Crippen MR) is 76.1 cm³/mol. The van der Waals surface area contributed by atoms with E-state index in [4.69, 9.17) is 4.74 Å². The Balaban J connectivity index is 1.63. The molecule has 0 aromatic rings. The van der Waals surface area contributed by atoms with Gasteiger partial charge >= 0.3 is 0 Å². The second-order valence-corrected chi connectivity index (χ2v) is 5.97. The number of carbonyl (C=O) groups is 1. The van der Waals surface area contributed by atoms with E-state index < -0.39 is 0 Å². The summed E-state index contributed by atoms with van der Waals surface area (Å²) in [6.07, 6.45) is 9.41. The Morgan fingerprint density at radius 1 is 1.21 bits per heavy atom. The van der Waals surface area contributed by atoms with E-state index >= 15 is 0 Å². The van der Waals surface area contributed by atoms with Crippen LogP contribution >= 0.6 is 0 Å². The Labute approximate surface area is 116 Å². The molecule has 2 atom stereocenters. The molecular formula is C15H28N2O2. The molecule has 1 aliphatic carbocycles. The lowest BCUT2D eigenvalue weighted by Gasteiger charge is -2.27. The lowest BCUT2D eigenvalue weighted by Crippen LogP contribution is -2.44. The molecule has 1 aliphatic heterocycles. The number of hydrogen-bond acceptors (Lipinski definition) is 3.